The van der Waals surface area contributed by atoms with Gasteiger partial charge in [-0.25, -0.2) is 4.79 Å². The SMILES string of the molecule is CCOC(=O)Cc1nnc(CNC(=O)OC(C)(C)C)[nH]1. The molecule has 0 saturated carbocycles. The number of carbonyl (C=O) groups is 2. The van der Waals surface area contributed by atoms with E-state index in [1.54, 1.807) is 27.7 Å². The zero-order valence-electron chi connectivity index (χ0n) is 12.1. The number of carbonyl (C=O) groups excluding carboxylic acids is 2. The third kappa shape index (κ3) is 6.17. The molecule has 1 rings (SSSR count). The van der Waals surface area contributed by atoms with Crippen molar-refractivity contribution in [2.75, 3.05) is 6.61 Å². The molecule has 1 aromatic heterocycles. The van der Waals surface area contributed by atoms with Gasteiger partial charge < -0.3 is 19.8 Å². The van der Waals surface area contributed by atoms with Crippen molar-refractivity contribution >= 4 is 12.1 Å². The highest BCUT2D eigenvalue weighted by Crippen LogP contribution is 2.06. The smallest absolute Gasteiger partial charge is 0.408 e. The van der Waals surface area contributed by atoms with Crippen molar-refractivity contribution in [1.82, 2.24) is 20.5 Å². The molecular weight excluding hydrogens is 264 g/mol. The van der Waals surface area contributed by atoms with Crippen molar-refractivity contribution in [3.05, 3.63) is 11.6 Å². The van der Waals surface area contributed by atoms with Gasteiger partial charge in [-0.15, -0.1) is 10.2 Å². The fraction of sp³-hybridized carbons (Fsp3) is 0.667. The van der Waals surface area contributed by atoms with E-state index < -0.39 is 11.7 Å². The van der Waals surface area contributed by atoms with Crippen LogP contribution in [0.15, 0.2) is 0 Å². The molecule has 0 fully saturated rings. The Labute approximate surface area is 117 Å². The van der Waals surface area contributed by atoms with Gasteiger partial charge in [0.1, 0.15) is 23.7 Å². The summed E-state index contributed by atoms with van der Waals surface area (Å²) in [5.74, 6) is 0.454. The number of alkyl carbamates (subject to hydrolysis) is 1. The van der Waals surface area contributed by atoms with Gasteiger partial charge in [-0.05, 0) is 27.7 Å². The molecule has 0 unspecified atom stereocenters. The molecule has 0 spiro atoms. The van der Waals surface area contributed by atoms with Gasteiger partial charge in [0.2, 0.25) is 0 Å². The highest BCUT2D eigenvalue weighted by molar-refractivity contribution is 5.71. The predicted octanol–water partition coefficient (Wildman–Crippen LogP) is 0.935. The van der Waals surface area contributed by atoms with E-state index in [1.165, 1.54) is 0 Å². The predicted molar refractivity (Wildman–Crippen MR) is 69.8 cm³/mol. The maximum Gasteiger partial charge on any atom is 0.408 e. The Morgan fingerprint density at radius 1 is 1.25 bits per heavy atom. The van der Waals surface area contributed by atoms with Crippen LogP contribution in [0.2, 0.25) is 0 Å². The summed E-state index contributed by atoms with van der Waals surface area (Å²) in [6.07, 6.45) is -0.520. The van der Waals surface area contributed by atoms with Crippen LogP contribution in [0.1, 0.15) is 39.3 Å². The topological polar surface area (TPSA) is 106 Å². The van der Waals surface area contributed by atoms with E-state index in [0.717, 1.165) is 0 Å². The second kappa shape index (κ2) is 6.88. The van der Waals surface area contributed by atoms with E-state index >= 15 is 0 Å². The van der Waals surface area contributed by atoms with E-state index in [2.05, 4.69) is 20.5 Å². The van der Waals surface area contributed by atoms with Crippen molar-refractivity contribution < 1.29 is 19.1 Å². The van der Waals surface area contributed by atoms with Crippen LogP contribution in [0.5, 0.6) is 0 Å². The van der Waals surface area contributed by atoms with Crippen LogP contribution in [-0.4, -0.2) is 39.5 Å². The average Bonchev–Trinajstić information content (AvgIpc) is 2.72. The first kappa shape index (κ1) is 15.9. The zero-order chi connectivity index (χ0) is 15.2. The molecule has 1 amide bonds. The van der Waals surface area contributed by atoms with Crippen LogP contribution in [0.4, 0.5) is 4.79 Å². The van der Waals surface area contributed by atoms with Gasteiger partial charge in [-0.1, -0.05) is 0 Å². The first-order valence-corrected chi connectivity index (χ1v) is 6.33. The second-order valence-electron chi connectivity index (χ2n) is 5.06. The van der Waals surface area contributed by atoms with Gasteiger partial charge in [-0.3, -0.25) is 4.79 Å². The summed E-state index contributed by atoms with van der Waals surface area (Å²) >= 11 is 0. The second-order valence-corrected chi connectivity index (χ2v) is 5.06. The molecule has 0 bridgehead atoms. The molecule has 0 atom stereocenters. The fourth-order valence-corrected chi connectivity index (χ4v) is 1.32. The van der Waals surface area contributed by atoms with Crippen LogP contribution < -0.4 is 5.32 Å². The molecule has 1 aromatic rings. The number of ether oxygens (including phenoxy) is 2. The summed E-state index contributed by atoms with van der Waals surface area (Å²) < 4.78 is 9.87. The molecule has 1 heterocycles. The Kier molecular flexibility index (Phi) is 5.48. The molecule has 20 heavy (non-hydrogen) atoms. The summed E-state index contributed by atoms with van der Waals surface area (Å²) in [6, 6.07) is 0. The molecule has 2 N–H and O–H groups in total. The fourth-order valence-electron chi connectivity index (χ4n) is 1.32. The van der Waals surface area contributed by atoms with Crippen molar-refractivity contribution in [2.24, 2.45) is 0 Å². The largest absolute Gasteiger partial charge is 0.466 e. The number of nitrogens with zero attached hydrogens (tertiary/aromatic N) is 2. The number of hydrogen-bond acceptors (Lipinski definition) is 6. The molecule has 0 saturated heterocycles. The molecule has 0 aliphatic carbocycles. The summed E-state index contributed by atoms with van der Waals surface area (Å²) in [5, 5.41) is 10.1. The third-order valence-corrected chi connectivity index (χ3v) is 2.00. The van der Waals surface area contributed by atoms with Crippen LogP contribution in [0.25, 0.3) is 0 Å². The first-order chi connectivity index (χ1) is 9.30. The van der Waals surface area contributed by atoms with Gasteiger partial charge in [0.25, 0.3) is 0 Å². The van der Waals surface area contributed by atoms with Crippen molar-refractivity contribution in [2.45, 2.75) is 46.3 Å². The molecule has 0 radical (unpaired) electrons. The Hall–Kier alpha value is -2.12. The number of aromatic amines is 1. The number of hydrogen-bond donors (Lipinski definition) is 2. The van der Waals surface area contributed by atoms with Crippen molar-refractivity contribution in [3.63, 3.8) is 0 Å². The number of rotatable bonds is 5. The van der Waals surface area contributed by atoms with Crippen LogP contribution in [0, 0.1) is 0 Å². The number of aromatic nitrogens is 3. The van der Waals surface area contributed by atoms with E-state index in [1.807, 2.05) is 0 Å². The van der Waals surface area contributed by atoms with Crippen LogP contribution >= 0.6 is 0 Å². The summed E-state index contributed by atoms with van der Waals surface area (Å²) in [4.78, 5) is 25.5. The molecule has 0 aliphatic rings. The molecule has 8 nitrogen and oxygen atoms in total. The van der Waals surface area contributed by atoms with Gasteiger partial charge in [0.15, 0.2) is 0 Å². The lowest BCUT2D eigenvalue weighted by molar-refractivity contribution is -0.142. The number of amides is 1. The minimum atomic E-state index is -0.555. The third-order valence-electron chi connectivity index (χ3n) is 2.00. The summed E-state index contributed by atoms with van der Waals surface area (Å²) in [7, 11) is 0. The van der Waals surface area contributed by atoms with Gasteiger partial charge >= 0.3 is 12.1 Å². The van der Waals surface area contributed by atoms with Crippen LogP contribution in [-0.2, 0) is 27.2 Å². The molecular formula is C12H20N4O4. The standard InChI is InChI=1S/C12H20N4O4/c1-5-19-10(17)6-8-14-9(16-15-8)7-13-11(18)20-12(2,3)4/h5-7H2,1-4H3,(H,13,18)(H,14,15,16). The Morgan fingerprint density at radius 2 is 1.90 bits per heavy atom. The monoisotopic (exact) mass is 284 g/mol. The molecule has 8 heteroatoms. The summed E-state index contributed by atoms with van der Waals surface area (Å²) in [5.41, 5.74) is -0.555. The van der Waals surface area contributed by atoms with E-state index in [9.17, 15) is 9.59 Å². The van der Waals surface area contributed by atoms with E-state index in [4.69, 9.17) is 9.47 Å². The molecule has 0 aliphatic heterocycles. The zero-order valence-corrected chi connectivity index (χ0v) is 12.1. The normalized spacial score (nSPS) is 11.0. The summed E-state index contributed by atoms with van der Waals surface area (Å²) in [6.45, 7) is 7.52. The van der Waals surface area contributed by atoms with Crippen molar-refractivity contribution in [3.8, 4) is 0 Å². The van der Waals surface area contributed by atoms with Crippen LogP contribution in [0.3, 0.4) is 0 Å². The first-order valence-electron chi connectivity index (χ1n) is 6.33. The van der Waals surface area contributed by atoms with E-state index in [0.29, 0.717) is 18.3 Å². The Bertz CT molecular complexity index is 464. The molecule has 112 valence electrons. The molecule has 0 aromatic carbocycles. The van der Waals surface area contributed by atoms with Gasteiger partial charge in [0.05, 0.1) is 13.2 Å². The van der Waals surface area contributed by atoms with Gasteiger partial charge in [0, 0.05) is 0 Å². The minimum absolute atomic E-state index is 0.0211. The number of H-pyrrole nitrogens is 1. The van der Waals surface area contributed by atoms with Crippen molar-refractivity contribution in [1.29, 1.82) is 0 Å². The van der Waals surface area contributed by atoms with Gasteiger partial charge in [-0.2, -0.15) is 0 Å². The lowest BCUT2D eigenvalue weighted by atomic mass is 10.2. The minimum Gasteiger partial charge on any atom is -0.466 e. The Balaban J connectivity index is 2.41. The highest BCUT2D eigenvalue weighted by atomic mass is 16.6. The lowest BCUT2D eigenvalue weighted by Gasteiger charge is -2.19. The number of nitrogens with one attached hydrogen (secondary N) is 2. The van der Waals surface area contributed by atoms with E-state index in [-0.39, 0.29) is 18.9 Å². The Morgan fingerprint density at radius 3 is 2.50 bits per heavy atom. The highest BCUT2D eigenvalue weighted by Gasteiger charge is 2.16. The maximum atomic E-state index is 11.4. The lowest BCUT2D eigenvalue weighted by Crippen LogP contribution is -2.32. The average molecular weight is 284 g/mol. The number of esters is 1. The quantitative estimate of drug-likeness (QED) is 0.779. The maximum absolute atomic E-state index is 11.4.